The second-order valence-corrected chi connectivity index (χ2v) is 3.41. The Morgan fingerprint density at radius 2 is 0.588 bits per heavy atom. The van der Waals surface area contributed by atoms with Crippen molar-refractivity contribution in [3.05, 3.63) is 0 Å². The van der Waals surface area contributed by atoms with Crippen molar-refractivity contribution < 1.29 is 19.2 Å². The fourth-order valence-corrected chi connectivity index (χ4v) is 0. The van der Waals surface area contributed by atoms with Crippen molar-refractivity contribution in [1.29, 1.82) is 21.6 Å². The molecule has 8 heteroatoms. The first kappa shape index (κ1) is 29.3. The van der Waals surface area contributed by atoms with Crippen LogP contribution in [0.2, 0.25) is 0 Å². The Kier molecular flexibility index (Phi) is 64.6. The summed E-state index contributed by atoms with van der Waals surface area (Å²) < 4.78 is 0. The molecule has 0 atom stereocenters. The van der Waals surface area contributed by atoms with Crippen LogP contribution in [0.1, 0.15) is 27.7 Å². The predicted octanol–water partition coefficient (Wildman–Crippen LogP) is 1.66. The number of rotatable bonds is 0. The quantitative estimate of drug-likeness (QED) is 0.376. The van der Waals surface area contributed by atoms with E-state index in [0.717, 1.165) is 24.3 Å². The number of hydrogen-bond acceptors (Lipinski definition) is 8. The molecule has 0 spiro atoms. The van der Waals surface area contributed by atoms with E-state index in [9.17, 15) is 0 Å². The zero-order valence-corrected chi connectivity index (χ0v) is 10.1. The maximum Gasteiger partial charge on any atom is 0.231 e. The van der Waals surface area contributed by atoms with E-state index in [2.05, 4.69) is 27.7 Å². The molecule has 0 radical (unpaired) electrons. The number of nitrogens with one attached hydrogen (secondary N) is 4. The molecule has 0 fully saturated rings. The SMILES string of the molecule is CC(C)(C)C.N=C=O.N=C=O.N=C=O.N=C=O. The van der Waals surface area contributed by atoms with Crippen LogP contribution in [-0.2, 0) is 19.2 Å². The fourth-order valence-electron chi connectivity index (χ4n) is 0. The van der Waals surface area contributed by atoms with Gasteiger partial charge in [0.2, 0.25) is 24.3 Å². The molecule has 0 aliphatic heterocycles. The minimum atomic E-state index is 0.500. The molecule has 0 bridgehead atoms. The number of hydrogen-bond donors (Lipinski definition) is 4. The van der Waals surface area contributed by atoms with Gasteiger partial charge in [-0.05, 0) is 5.41 Å². The molecule has 0 saturated carbocycles. The summed E-state index contributed by atoms with van der Waals surface area (Å²) in [4.78, 5) is 33.4. The lowest BCUT2D eigenvalue weighted by Crippen LogP contribution is -1.93. The van der Waals surface area contributed by atoms with Crippen LogP contribution in [0.15, 0.2) is 0 Å². The second-order valence-electron chi connectivity index (χ2n) is 3.41. The molecule has 4 N–H and O–H groups in total. The molecular weight excluding hydrogens is 228 g/mol. The summed E-state index contributed by atoms with van der Waals surface area (Å²) in [5, 5.41) is 21.6. The van der Waals surface area contributed by atoms with Crippen molar-refractivity contribution in [2.45, 2.75) is 27.7 Å². The highest BCUT2D eigenvalue weighted by atomic mass is 16.1. The van der Waals surface area contributed by atoms with Crippen molar-refractivity contribution in [3.8, 4) is 0 Å². The van der Waals surface area contributed by atoms with Gasteiger partial charge in [-0.3, -0.25) is 0 Å². The van der Waals surface area contributed by atoms with E-state index in [0.29, 0.717) is 5.41 Å². The van der Waals surface area contributed by atoms with Crippen LogP contribution in [0.3, 0.4) is 0 Å². The van der Waals surface area contributed by atoms with Gasteiger partial charge in [-0.2, -0.15) is 0 Å². The standard InChI is InChI=1S/C5H12.4CHNO/c1-5(2,3)4;4*2-1-3/h1-4H3;4*2H. The minimum Gasteiger partial charge on any atom is -0.222 e. The summed E-state index contributed by atoms with van der Waals surface area (Å²) in [6.45, 7) is 8.75. The first-order valence-corrected chi connectivity index (χ1v) is 3.82. The summed E-state index contributed by atoms with van der Waals surface area (Å²) in [6, 6.07) is 0. The van der Waals surface area contributed by atoms with Crippen LogP contribution in [-0.4, -0.2) is 24.3 Å². The molecule has 0 aliphatic carbocycles. The van der Waals surface area contributed by atoms with E-state index >= 15 is 0 Å². The zero-order valence-electron chi connectivity index (χ0n) is 10.1. The molecule has 0 rings (SSSR count). The van der Waals surface area contributed by atoms with Gasteiger partial charge in [0, 0.05) is 0 Å². The average molecular weight is 244 g/mol. The summed E-state index contributed by atoms with van der Waals surface area (Å²) in [6.07, 6.45) is 3.00. The van der Waals surface area contributed by atoms with Crippen molar-refractivity contribution in [2.75, 3.05) is 0 Å². The first-order valence-electron chi connectivity index (χ1n) is 3.82. The van der Waals surface area contributed by atoms with Crippen molar-refractivity contribution in [3.63, 3.8) is 0 Å². The third kappa shape index (κ3) is 292. The molecule has 0 aromatic heterocycles. The molecule has 0 amide bonds. The van der Waals surface area contributed by atoms with Crippen molar-refractivity contribution in [2.24, 2.45) is 5.41 Å². The Labute approximate surface area is 99.1 Å². The van der Waals surface area contributed by atoms with E-state index in [4.69, 9.17) is 40.8 Å². The van der Waals surface area contributed by atoms with Crippen molar-refractivity contribution >= 4 is 24.3 Å². The molecule has 0 unspecified atom stereocenters. The molecule has 96 valence electrons. The Balaban J connectivity index is -0.0000000362. The third-order valence-electron chi connectivity index (χ3n) is 0. The zero-order chi connectivity index (χ0) is 15.3. The van der Waals surface area contributed by atoms with E-state index < -0.39 is 0 Å². The van der Waals surface area contributed by atoms with Crippen LogP contribution >= 0.6 is 0 Å². The summed E-state index contributed by atoms with van der Waals surface area (Å²) in [7, 11) is 0. The van der Waals surface area contributed by atoms with E-state index in [1.54, 1.807) is 0 Å². The highest BCUT2D eigenvalue weighted by molar-refractivity contribution is 5.26. The minimum absolute atomic E-state index is 0.500. The van der Waals surface area contributed by atoms with Gasteiger partial charge < -0.3 is 0 Å². The molecule has 8 nitrogen and oxygen atoms in total. The summed E-state index contributed by atoms with van der Waals surface area (Å²) in [5.41, 5.74) is 0.500. The Morgan fingerprint density at radius 1 is 0.588 bits per heavy atom. The van der Waals surface area contributed by atoms with Crippen LogP contribution < -0.4 is 0 Å². The van der Waals surface area contributed by atoms with E-state index in [-0.39, 0.29) is 0 Å². The normalized spacial score (nSPS) is 5.41. The largest absolute Gasteiger partial charge is 0.231 e. The van der Waals surface area contributed by atoms with Crippen molar-refractivity contribution in [1.82, 2.24) is 0 Å². The maximum absolute atomic E-state index is 8.35. The number of isocyanates is 4. The van der Waals surface area contributed by atoms with E-state index in [1.165, 1.54) is 0 Å². The molecule has 0 aliphatic rings. The monoisotopic (exact) mass is 244 g/mol. The smallest absolute Gasteiger partial charge is 0.222 e. The Hall–Kier alpha value is -2.48. The molecular formula is C9H16N4O4. The molecule has 0 heterocycles. The van der Waals surface area contributed by atoms with Gasteiger partial charge in [-0.15, -0.1) is 0 Å². The lowest BCUT2D eigenvalue weighted by molar-refractivity contribution is 0.469. The third-order valence-corrected chi connectivity index (χ3v) is 0. The second kappa shape index (κ2) is 37.5. The van der Waals surface area contributed by atoms with Gasteiger partial charge in [-0.1, -0.05) is 27.7 Å². The van der Waals surface area contributed by atoms with Gasteiger partial charge in [-0.25, -0.2) is 40.8 Å². The molecule has 0 saturated heterocycles. The Bertz CT molecular complexity index is 216. The van der Waals surface area contributed by atoms with Crippen LogP contribution in [0.4, 0.5) is 0 Å². The molecule has 0 aromatic carbocycles. The van der Waals surface area contributed by atoms with Gasteiger partial charge in [0.1, 0.15) is 0 Å². The Morgan fingerprint density at radius 3 is 0.588 bits per heavy atom. The average Bonchev–Trinajstić information content (AvgIpc) is 2.04. The first-order chi connectivity index (χ1) is 7.66. The highest BCUT2D eigenvalue weighted by Crippen LogP contribution is 2.07. The van der Waals surface area contributed by atoms with Gasteiger partial charge in [0.05, 0.1) is 0 Å². The lowest BCUT2D eigenvalue weighted by atomic mass is 10.0. The van der Waals surface area contributed by atoms with Crippen LogP contribution in [0, 0.1) is 27.1 Å². The van der Waals surface area contributed by atoms with E-state index in [1.807, 2.05) is 0 Å². The van der Waals surface area contributed by atoms with Crippen LogP contribution in [0.25, 0.3) is 0 Å². The van der Waals surface area contributed by atoms with Crippen LogP contribution in [0.5, 0.6) is 0 Å². The predicted molar refractivity (Wildman–Crippen MR) is 58.8 cm³/mol. The number of carbonyl (C=O) groups excluding carboxylic acids is 4. The fraction of sp³-hybridized carbons (Fsp3) is 0.556. The molecule has 0 aromatic rings. The van der Waals surface area contributed by atoms with Gasteiger partial charge >= 0.3 is 0 Å². The topological polar surface area (TPSA) is 164 Å². The summed E-state index contributed by atoms with van der Waals surface area (Å²) >= 11 is 0. The lowest BCUT2D eigenvalue weighted by Gasteiger charge is -2.05. The van der Waals surface area contributed by atoms with Gasteiger partial charge in [0.15, 0.2) is 0 Å². The highest BCUT2D eigenvalue weighted by Gasteiger charge is 1.95. The van der Waals surface area contributed by atoms with Gasteiger partial charge in [0.25, 0.3) is 0 Å². The summed E-state index contributed by atoms with van der Waals surface area (Å²) in [5.74, 6) is 0. The molecule has 17 heavy (non-hydrogen) atoms. The maximum atomic E-state index is 8.35.